The first kappa shape index (κ1) is 20.4. The molecule has 0 radical (unpaired) electrons. The number of hydrazone groups is 1. The summed E-state index contributed by atoms with van der Waals surface area (Å²) in [4.78, 5) is 18.2. The summed E-state index contributed by atoms with van der Waals surface area (Å²) in [7, 11) is 0. The van der Waals surface area contributed by atoms with Crippen LogP contribution in [0.4, 0.5) is 0 Å². The van der Waals surface area contributed by atoms with Gasteiger partial charge in [-0.25, -0.2) is 5.43 Å². The molecule has 4 fully saturated rings. The lowest BCUT2D eigenvalue weighted by Gasteiger charge is -2.50. The zero-order chi connectivity index (χ0) is 22.4. The van der Waals surface area contributed by atoms with Crippen molar-refractivity contribution in [1.82, 2.24) is 15.2 Å². The van der Waals surface area contributed by atoms with Gasteiger partial charge in [0, 0.05) is 50.6 Å². The molecule has 2 atom stereocenters. The molecule has 4 saturated heterocycles. The highest BCUT2D eigenvalue weighted by Gasteiger charge is 2.52. The van der Waals surface area contributed by atoms with Gasteiger partial charge < -0.3 is 14.9 Å². The van der Waals surface area contributed by atoms with Crippen LogP contribution in [0.15, 0.2) is 71.8 Å². The van der Waals surface area contributed by atoms with Gasteiger partial charge in [-0.1, -0.05) is 54.6 Å². The Morgan fingerprint density at radius 2 is 1.61 bits per heavy atom. The number of hydrogen-bond donors (Lipinski definition) is 2. The predicted molar refractivity (Wildman–Crippen MR) is 129 cm³/mol. The lowest BCUT2D eigenvalue weighted by molar-refractivity contribution is 0.0942. The number of piperidine rings is 2. The van der Waals surface area contributed by atoms with Gasteiger partial charge in [-0.3, -0.25) is 4.79 Å². The van der Waals surface area contributed by atoms with E-state index in [1.807, 2.05) is 30.3 Å². The highest BCUT2D eigenvalue weighted by Crippen LogP contribution is 2.41. The van der Waals surface area contributed by atoms with Crippen molar-refractivity contribution in [2.24, 2.45) is 16.4 Å². The van der Waals surface area contributed by atoms with Gasteiger partial charge in [0.25, 0.3) is 5.91 Å². The molecule has 0 aliphatic carbocycles. The van der Waals surface area contributed by atoms with Crippen molar-refractivity contribution in [2.45, 2.75) is 6.42 Å². The third kappa shape index (κ3) is 3.69. The Kier molecular flexibility index (Phi) is 4.93. The van der Waals surface area contributed by atoms with Crippen LogP contribution >= 0.6 is 0 Å². The normalized spacial score (nSPS) is 29.3. The van der Waals surface area contributed by atoms with Gasteiger partial charge in [-0.15, -0.1) is 0 Å². The van der Waals surface area contributed by atoms with Crippen LogP contribution in [0, 0.1) is 11.3 Å². The molecule has 168 valence electrons. The largest absolute Gasteiger partial charge is 0.507 e. The second kappa shape index (κ2) is 7.97. The van der Waals surface area contributed by atoms with Crippen molar-refractivity contribution < 1.29 is 9.90 Å². The topological polar surface area (TPSA) is 68.2 Å². The Morgan fingerprint density at radius 1 is 0.970 bits per heavy atom. The number of phenols is 1. The molecule has 6 heteroatoms. The van der Waals surface area contributed by atoms with Gasteiger partial charge >= 0.3 is 0 Å². The van der Waals surface area contributed by atoms with E-state index in [0.29, 0.717) is 5.92 Å². The molecule has 33 heavy (non-hydrogen) atoms. The maximum atomic E-state index is 13.1. The van der Waals surface area contributed by atoms with Gasteiger partial charge in [-0.05, 0) is 34.9 Å². The summed E-state index contributed by atoms with van der Waals surface area (Å²) in [6, 6.07) is 21.7. The fraction of sp³-hybridized carbons (Fsp3) is 0.333. The Labute approximate surface area is 193 Å². The Bertz CT molecular complexity index is 1220. The van der Waals surface area contributed by atoms with Crippen LogP contribution in [0.1, 0.15) is 15.9 Å². The average Bonchev–Trinajstić information content (AvgIpc) is 3.06. The molecule has 4 aliphatic heterocycles. The molecule has 4 aliphatic rings. The van der Waals surface area contributed by atoms with Crippen molar-refractivity contribution in [3.8, 4) is 5.75 Å². The number of amides is 1. The van der Waals surface area contributed by atoms with E-state index in [2.05, 4.69) is 39.5 Å². The molecule has 6 nitrogen and oxygen atoms in total. The first-order chi connectivity index (χ1) is 16.1. The van der Waals surface area contributed by atoms with E-state index in [9.17, 15) is 9.90 Å². The van der Waals surface area contributed by atoms with E-state index in [1.165, 1.54) is 5.56 Å². The van der Waals surface area contributed by atoms with E-state index < -0.39 is 0 Å². The third-order valence-electron chi connectivity index (χ3n) is 7.44. The lowest BCUT2D eigenvalue weighted by Crippen LogP contribution is -2.62. The molecule has 0 spiro atoms. The summed E-state index contributed by atoms with van der Waals surface area (Å²) in [6.07, 6.45) is 0.910. The molecule has 2 N–H and O–H groups in total. The minimum atomic E-state index is -0.368. The average molecular weight is 441 g/mol. The number of phenolic OH excluding ortho intramolecular Hbond substituents is 1. The maximum Gasteiger partial charge on any atom is 0.275 e. The Morgan fingerprint density at radius 3 is 2.30 bits per heavy atom. The maximum absolute atomic E-state index is 13.1. The van der Waals surface area contributed by atoms with E-state index in [1.54, 1.807) is 12.1 Å². The van der Waals surface area contributed by atoms with Crippen LogP contribution in [-0.4, -0.2) is 65.8 Å². The highest BCUT2D eigenvalue weighted by atomic mass is 16.3. The van der Waals surface area contributed by atoms with E-state index in [4.69, 9.17) is 5.10 Å². The number of fused-ring (bicyclic) bond motifs is 2. The quantitative estimate of drug-likeness (QED) is 0.612. The molecule has 3 aromatic carbocycles. The molecule has 4 heterocycles. The minimum Gasteiger partial charge on any atom is -0.507 e. The van der Waals surface area contributed by atoms with Crippen LogP contribution in [-0.2, 0) is 6.42 Å². The zero-order valence-corrected chi connectivity index (χ0v) is 18.6. The van der Waals surface area contributed by atoms with E-state index in [-0.39, 0.29) is 22.6 Å². The number of aromatic hydroxyl groups is 1. The number of benzene rings is 3. The van der Waals surface area contributed by atoms with Gasteiger partial charge in [0.1, 0.15) is 5.75 Å². The standard InChI is InChI=1S/C27H28N4O2/c32-24-13-21-9-5-4-8-20(21)12-23(24)26(33)29-28-25-22-15-30-10-11-31(16-22)18-27(25,17-30)14-19-6-2-1-3-7-19/h1-9,12-13,22,32H,10-11,14-18H2,(H,29,33)/b28-25-. The number of nitrogens with one attached hydrogen (secondary N) is 1. The number of nitrogens with zero attached hydrogens (tertiary/aromatic N) is 3. The van der Waals surface area contributed by atoms with E-state index in [0.717, 1.165) is 62.2 Å². The van der Waals surface area contributed by atoms with Gasteiger partial charge in [-0.2, -0.15) is 5.10 Å². The molecule has 0 aromatic heterocycles. The van der Waals surface area contributed by atoms with Gasteiger partial charge in [0.05, 0.1) is 11.3 Å². The Hall–Kier alpha value is -3.22. The summed E-state index contributed by atoms with van der Waals surface area (Å²) in [5.74, 6) is -0.0819. The van der Waals surface area contributed by atoms with Crippen LogP contribution in [0.3, 0.4) is 0 Å². The fourth-order valence-electron chi connectivity index (χ4n) is 6.09. The molecule has 3 aromatic rings. The second-order valence-electron chi connectivity index (χ2n) is 9.76. The lowest BCUT2D eigenvalue weighted by atomic mass is 9.67. The van der Waals surface area contributed by atoms with Crippen molar-refractivity contribution in [1.29, 1.82) is 0 Å². The molecule has 1 amide bonds. The van der Waals surface area contributed by atoms with E-state index >= 15 is 0 Å². The van der Waals surface area contributed by atoms with Crippen molar-refractivity contribution in [3.63, 3.8) is 0 Å². The molecular formula is C27H28N4O2. The number of hydrogen-bond acceptors (Lipinski definition) is 5. The van der Waals surface area contributed by atoms with Crippen LogP contribution in [0.2, 0.25) is 0 Å². The molecule has 0 saturated carbocycles. The minimum absolute atomic E-state index is 0.0236. The number of rotatable bonds is 4. The number of carbonyl (C=O) groups is 1. The molecule has 2 unspecified atom stereocenters. The predicted octanol–water partition coefficient (Wildman–Crippen LogP) is 3.12. The van der Waals surface area contributed by atoms with Crippen LogP contribution in [0.5, 0.6) is 5.75 Å². The summed E-state index contributed by atoms with van der Waals surface area (Å²) in [5, 5.41) is 17.1. The molecular weight excluding hydrogens is 412 g/mol. The summed E-state index contributed by atoms with van der Waals surface area (Å²) >= 11 is 0. The van der Waals surface area contributed by atoms with Crippen molar-refractivity contribution >= 4 is 22.4 Å². The van der Waals surface area contributed by atoms with Gasteiger partial charge in [0.15, 0.2) is 0 Å². The molecule has 7 rings (SSSR count). The first-order valence-electron chi connectivity index (χ1n) is 11.7. The zero-order valence-electron chi connectivity index (χ0n) is 18.6. The highest BCUT2D eigenvalue weighted by molar-refractivity contribution is 6.03. The smallest absolute Gasteiger partial charge is 0.275 e. The molecule has 4 bridgehead atoms. The Balaban J connectivity index is 1.33. The van der Waals surface area contributed by atoms with Crippen molar-refractivity contribution in [2.75, 3.05) is 39.3 Å². The monoisotopic (exact) mass is 440 g/mol. The fourth-order valence-corrected chi connectivity index (χ4v) is 6.09. The van der Waals surface area contributed by atoms with Crippen LogP contribution < -0.4 is 5.43 Å². The van der Waals surface area contributed by atoms with Crippen LogP contribution in [0.25, 0.3) is 10.8 Å². The second-order valence-corrected chi connectivity index (χ2v) is 9.76. The first-order valence-corrected chi connectivity index (χ1v) is 11.7. The SMILES string of the molecule is O=C(N/N=C1/C2CN3CCN(C2)CC1(Cc1ccccc1)C3)c1cc2ccccc2cc1O. The summed E-state index contributed by atoms with van der Waals surface area (Å²) in [5.41, 5.74) is 5.36. The van der Waals surface area contributed by atoms with Crippen molar-refractivity contribution in [3.05, 3.63) is 77.9 Å². The summed E-state index contributed by atoms with van der Waals surface area (Å²) < 4.78 is 0. The van der Waals surface area contributed by atoms with Gasteiger partial charge in [0.2, 0.25) is 0 Å². The third-order valence-corrected chi connectivity index (χ3v) is 7.44. The summed E-state index contributed by atoms with van der Waals surface area (Å²) in [6.45, 7) is 6.09. The number of carbonyl (C=O) groups excluding carboxylic acids is 1.